The van der Waals surface area contributed by atoms with Crippen LogP contribution in [0.4, 0.5) is 5.69 Å². The van der Waals surface area contributed by atoms with Crippen molar-refractivity contribution in [3.05, 3.63) is 29.3 Å². The van der Waals surface area contributed by atoms with Gasteiger partial charge in [0.15, 0.2) is 0 Å². The smallest absolute Gasteiger partial charge is 0.326 e. The zero-order valence-electron chi connectivity index (χ0n) is 10.8. The number of anilines is 1. The Hall–Kier alpha value is -2.90. The van der Waals surface area contributed by atoms with Crippen LogP contribution in [0.5, 0.6) is 0 Å². The van der Waals surface area contributed by atoms with Crippen LogP contribution in [-0.4, -0.2) is 44.9 Å². The Morgan fingerprint density at radius 3 is 2.38 bits per heavy atom. The average molecular weight is 292 g/mol. The van der Waals surface area contributed by atoms with Crippen molar-refractivity contribution in [3.8, 4) is 0 Å². The lowest BCUT2D eigenvalue weighted by molar-refractivity contribution is -0.142. The lowest BCUT2D eigenvalue weighted by Gasteiger charge is -2.21. The Morgan fingerprint density at radius 2 is 1.86 bits per heavy atom. The van der Waals surface area contributed by atoms with Gasteiger partial charge in [0.05, 0.1) is 11.1 Å². The van der Waals surface area contributed by atoms with E-state index < -0.39 is 36.2 Å². The van der Waals surface area contributed by atoms with Crippen LogP contribution in [0.15, 0.2) is 18.2 Å². The summed E-state index contributed by atoms with van der Waals surface area (Å²) in [6.07, 6.45) is -0.837. The molecule has 0 aliphatic carbocycles. The Bertz CT molecular complexity index is 654. The van der Waals surface area contributed by atoms with E-state index in [0.717, 1.165) is 0 Å². The second-order valence-corrected chi connectivity index (χ2v) is 4.54. The summed E-state index contributed by atoms with van der Waals surface area (Å²) in [5.41, 5.74) is 5.71. The molecule has 0 bridgehead atoms. The van der Waals surface area contributed by atoms with E-state index in [4.69, 9.17) is 15.9 Å². The molecule has 0 radical (unpaired) electrons. The van der Waals surface area contributed by atoms with Crippen molar-refractivity contribution in [1.29, 1.82) is 0 Å². The van der Waals surface area contributed by atoms with E-state index >= 15 is 0 Å². The highest BCUT2D eigenvalue weighted by atomic mass is 16.4. The van der Waals surface area contributed by atoms with Gasteiger partial charge in [0, 0.05) is 12.1 Å². The molecule has 1 aliphatic heterocycles. The van der Waals surface area contributed by atoms with Crippen LogP contribution in [0, 0.1) is 0 Å². The number of benzene rings is 1. The number of nitrogens with zero attached hydrogens (tertiary/aromatic N) is 1. The van der Waals surface area contributed by atoms with Gasteiger partial charge in [-0.25, -0.2) is 4.79 Å². The summed E-state index contributed by atoms with van der Waals surface area (Å²) in [5.74, 6) is -4.24. The number of nitrogen functional groups attached to an aromatic ring is 1. The molecule has 110 valence electrons. The fourth-order valence-corrected chi connectivity index (χ4v) is 2.24. The van der Waals surface area contributed by atoms with E-state index in [1.54, 1.807) is 0 Å². The largest absolute Gasteiger partial charge is 0.481 e. The van der Waals surface area contributed by atoms with Crippen LogP contribution in [-0.2, 0) is 9.59 Å². The van der Waals surface area contributed by atoms with Gasteiger partial charge in [0.2, 0.25) is 0 Å². The molecule has 1 aliphatic rings. The van der Waals surface area contributed by atoms with E-state index in [0.29, 0.717) is 4.90 Å². The van der Waals surface area contributed by atoms with E-state index in [1.165, 1.54) is 18.2 Å². The monoisotopic (exact) mass is 292 g/mol. The highest BCUT2D eigenvalue weighted by molar-refractivity contribution is 6.24. The number of rotatable bonds is 5. The van der Waals surface area contributed by atoms with Gasteiger partial charge in [-0.15, -0.1) is 0 Å². The second kappa shape index (κ2) is 5.23. The second-order valence-electron chi connectivity index (χ2n) is 4.54. The minimum absolute atomic E-state index is 0.0292. The predicted octanol–water partition coefficient (Wildman–Crippen LogP) is 0.183. The molecule has 1 aromatic rings. The van der Waals surface area contributed by atoms with Crippen molar-refractivity contribution in [1.82, 2.24) is 4.90 Å². The maximum absolute atomic E-state index is 12.2. The molecule has 8 nitrogen and oxygen atoms in total. The number of fused-ring (bicyclic) bond motifs is 1. The quantitative estimate of drug-likeness (QED) is 0.519. The Kier molecular flexibility index (Phi) is 3.62. The lowest BCUT2D eigenvalue weighted by Crippen LogP contribution is -2.45. The molecule has 1 heterocycles. The Balaban J connectivity index is 2.38. The fourth-order valence-electron chi connectivity index (χ4n) is 2.24. The van der Waals surface area contributed by atoms with Crippen LogP contribution in [0.3, 0.4) is 0 Å². The van der Waals surface area contributed by atoms with Crippen LogP contribution in [0.1, 0.15) is 33.6 Å². The highest BCUT2D eigenvalue weighted by Crippen LogP contribution is 2.30. The summed E-state index contributed by atoms with van der Waals surface area (Å²) >= 11 is 0. The van der Waals surface area contributed by atoms with Crippen LogP contribution in [0.2, 0.25) is 0 Å². The van der Waals surface area contributed by atoms with Crippen molar-refractivity contribution in [2.75, 3.05) is 5.73 Å². The van der Waals surface area contributed by atoms with Crippen LogP contribution >= 0.6 is 0 Å². The van der Waals surface area contributed by atoms with E-state index in [9.17, 15) is 19.2 Å². The number of carboxylic acids is 2. The number of carbonyl (C=O) groups is 4. The maximum Gasteiger partial charge on any atom is 0.326 e. The summed E-state index contributed by atoms with van der Waals surface area (Å²) in [5, 5.41) is 17.8. The third kappa shape index (κ3) is 2.42. The molecule has 2 rings (SSSR count). The summed E-state index contributed by atoms with van der Waals surface area (Å²) < 4.78 is 0. The zero-order chi connectivity index (χ0) is 15.7. The van der Waals surface area contributed by atoms with Gasteiger partial charge >= 0.3 is 11.9 Å². The van der Waals surface area contributed by atoms with Crippen LogP contribution in [0.25, 0.3) is 0 Å². The van der Waals surface area contributed by atoms with Crippen LogP contribution < -0.4 is 5.73 Å². The van der Waals surface area contributed by atoms with Gasteiger partial charge in [0.1, 0.15) is 6.04 Å². The number of carbonyl (C=O) groups excluding carboxylic acids is 2. The first kappa shape index (κ1) is 14.5. The molecule has 0 unspecified atom stereocenters. The molecule has 0 saturated carbocycles. The first-order chi connectivity index (χ1) is 9.84. The molecule has 2 amide bonds. The topological polar surface area (TPSA) is 138 Å². The Labute approximate surface area is 118 Å². The van der Waals surface area contributed by atoms with Crippen molar-refractivity contribution in [3.63, 3.8) is 0 Å². The molecular formula is C13H12N2O6. The molecule has 8 heteroatoms. The molecule has 1 aromatic carbocycles. The number of carboxylic acid groups (broad SMARTS) is 2. The first-order valence-electron chi connectivity index (χ1n) is 6.05. The molecule has 0 fully saturated rings. The SMILES string of the molecule is Nc1cccc2c1C(=O)N([C@@H](CCC(=O)O)C(=O)O)C2=O. The van der Waals surface area contributed by atoms with Gasteiger partial charge < -0.3 is 15.9 Å². The molecule has 0 spiro atoms. The normalized spacial score (nSPS) is 15.0. The zero-order valence-corrected chi connectivity index (χ0v) is 10.8. The van der Waals surface area contributed by atoms with E-state index in [2.05, 4.69) is 0 Å². The minimum Gasteiger partial charge on any atom is -0.481 e. The molecular weight excluding hydrogens is 280 g/mol. The highest BCUT2D eigenvalue weighted by Gasteiger charge is 2.43. The number of amides is 2. The number of imide groups is 1. The van der Waals surface area contributed by atoms with Crippen molar-refractivity contribution < 1.29 is 29.4 Å². The predicted molar refractivity (Wildman–Crippen MR) is 69.6 cm³/mol. The minimum atomic E-state index is -1.53. The Morgan fingerprint density at radius 1 is 1.19 bits per heavy atom. The summed E-state index contributed by atoms with van der Waals surface area (Å²) in [6, 6.07) is 2.76. The van der Waals surface area contributed by atoms with Crippen molar-refractivity contribution in [2.24, 2.45) is 0 Å². The number of hydrogen-bond acceptors (Lipinski definition) is 5. The summed E-state index contributed by atoms with van der Waals surface area (Å²) in [6.45, 7) is 0. The molecule has 4 N–H and O–H groups in total. The molecule has 1 atom stereocenters. The van der Waals surface area contributed by atoms with Gasteiger partial charge in [-0.05, 0) is 18.6 Å². The van der Waals surface area contributed by atoms with Gasteiger partial charge in [-0.1, -0.05) is 6.07 Å². The number of aliphatic carboxylic acids is 2. The summed E-state index contributed by atoms with van der Waals surface area (Å²) in [4.78, 5) is 46.8. The fraction of sp³-hybridized carbons (Fsp3) is 0.231. The number of hydrogen-bond donors (Lipinski definition) is 3. The lowest BCUT2D eigenvalue weighted by atomic mass is 10.1. The van der Waals surface area contributed by atoms with Gasteiger partial charge in [-0.2, -0.15) is 0 Å². The number of nitrogens with two attached hydrogens (primary N) is 1. The van der Waals surface area contributed by atoms with Gasteiger partial charge in [-0.3, -0.25) is 19.3 Å². The summed E-state index contributed by atoms with van der Waals surface area (Å²) in [7, 11) is 0. The third-order valence-corrected chi connectivity index (χ3v) is 3.21. The third-order valence-electron chi connectivity index (χ3n) is 3.21. The molecule has 0 saturated heterocycles. The van der Waals surface area contributed by atoms with Crippen molar-refractivity contribution >= 4 is 29.4 Å². The molecule has 21 heavy (non-hydrogen) atoms. The van der Waals surface area contributed by atoms with Gasteiger partial charge in [0.25, 0.3) is 11.8 Å². The standard InChI is InChI=1S/C13H12N2O6/c14-7-3-1-2-6-10(7)12(19)15(11(6)18)8(13(20)21)4-5-9(16)17/h1-3,8H,4-5,14H2,(H,16,17)(H,20,21)/t8-/m0/s1. The maximum atomic E-state index is 12.2. The van der Waals surface area contributed by atoms with Crippen molar-refractivity contribution in [2.45, 2.75) is 18.9 Å². The molecule has 0 aromatic heterocycles. The first-order valence-corrected chi connectivity index (χ1v) is 6.05. The average Bonchev–Trinajstić information content (AvgIpc) is 2.64. The van der Waals surface area contributed by atoms with E-state index in [-0.39, 0.29) is 23.2 Å². The van der Waals surface area contributed by atoms with E-state index in [1.807, 2.05) is 0 Å².